The molecule has 5 N–H and O–H groups in total. The van der Waals surface area contributed by atoms with E-state index in [9.17, 15) is 9.59 Å². The first-order chi connectivity index (χ1) is 14.8. The maximum atomic E-state index is 13.2. The summed E-state index contributed by atoms with van der Waals surface area (Å²) in [6, 6.07) is 3.06. The van der Waals surface area contributed by atoms with Crippen molar-refractivity contribution >= 4 is 17.8 Å². The number of nitrogens with two attached hydrogens (primary N) is 1. The van der Waals surface area contributed by atoms with Crippen LogP contribution >= 0.6 is 0 Å². The molecule has 1 fully saturated rings. The highest BCUT2D eigenvalue weighted by molar-refractivity contribution is 5.96. The second kappa shape index (κ2) is 11.1. The largest absolute Gasteiger partial charge is 0.444 e. The zero-order valence-corrected chi connectivity index (χ0v) is 20.5. The molecular weight excluding hydrogens is 406 g/mol. The van der Waals surface area contributed by atoms with Crippen LogP contribution in [0.2, 0.25) is 0 Å². The molecule has 1 atom stereocenters. The summed E-state index contributed by atoms with van der Waals surface area (Å²) in [5.74, 6) is 0.897. The van der Waals surface area contributed by atoms with Crippen LogP contribution < -0.4 is 21.7 Å². The van der Waals surface area contributed by atoms with Crippen molar-refractivity contribution in [3.63, 3.8) is 0 Å². The molecule has 1 heterocycles. The smallest absolute Gasteiger partial charge is 0.408 e. The van der Waals surface area contributed by atoms with Gasteiger partial charge in [0.2, 0.25) is 5.91 Å². The Labute approximate surface area is 192 Å². The Kier molecular flexibility index (Phi) is 9.04. The molecule has 0 spiro atoms. The van der Waals surface area contributed by atoms with E-state index in [2.05, 4.69) is 27.9 Å². The number of pyridine rings is 1. The van der Waals surface area contributed by atoms with Gasteiger partial charge in [-0.15, -0.1) is 0 Å². The fourth-order valence-corrected chi connectivity index (χ4v) is 3.84. The Hall–Kier alpha value is -2.19. The lowest BCUT2D eigenvalue weighted by molar-refractivity contribution is -0.119. The second-order valence-corrected chi connectivity index (χ2v) is 10.8. The summed E-state index contributed by atoms with van der Waals surface area (Å²) in [6.45, 7) is 12.8. The van der Waals surface area contributed by atoms with E-state index in [1.54, 1.807) is 27.0 Å². The van der Waals surface area contributed by atoms with Gasteiger partial charge < -0.3 is 26.4 Å². The van der Waals surface area contributed by atoms with Gasteiger partial charge in [-0.25, -0.2) is 9.78 Å². The van der Waals surface area contributed by atoms with Crippen LogP contribution in [-0.2, 0) is 16.1 Å². The molecule has 1 aromatic heterocycles. The van der Waals surface area contributed by atoms with E-state index in [1.807, 2.05) is 26.0 Å². The van der Waals surface area contributed by atoms with Crippen LogP contribution in [0.5, 0.6) is 0 Å². The topological polar surface area (TPSA) is 118 Å². The zero-order chi connectivity index (χ0) is 23.9. The van der Waals surface area contributed by atoms with Crippen molar-refractivity contribution in [2.45, 2.75) is 91.0 Å². The molecule has 1 saturated carbocycles. The molecule has 8 heteroatoms. The molecular formula is C24H41N5O3. The second-order valence-electron chi connectivity index (χ2n) is 10.8. The summed E-state index contributed by atoms with van der Waals surface area (Å²) in [4.78, 5) is 29.9. The molecule has 8 nitrogen and oxygen atoms in total. The summed E-state index contributed by atoms with van der Waals surface area (Å²) in [5.41, 5.74) is 6.06. The number of hydrogen-bond acceptors (Lipinski definition) is 6. The molecule has 1 unspecified atom stereocenters. The molecule has 2 amide bonds. The van der Waals surface area contributed by atoms with Gasteiger partial charge in [0.15, 0.2) is 0 Å². The maximum Gasteiger partial charge on any atom is 0.408 e. The summed E-state index contributed by atoms with van der Waals surface area (Å²) in [5, 5.41) is 9.02. The van der Waals surface area contributed by atoms with E-state index < -0.39 is 17.7 Å². The number of carbonyl (C=O) groups is 2. The summed E-state index contributed by atoms with van der Waals surface area (Å²) >= 11 is 0. The fourth-order valence-electron chi connectivity index (χ4n) is 3.84. The average Bonchev–Trinajstić information content (AvgIpc) is 2.65. The molecule has 0 saturated heterocycles. The number of aromatic nitrogens is 1. The fraction of sp³-hybridized carbons (Fsp3) is 0.708. The standard InChI is InChI=1S/C24H41N5O3/c1-16-7-9-18(10-8-16)20(29-22(31)32-23(2,3)4)21(30)28-19-13-17(11-12-27-19)14-26-15-24(5,6)25/h11-13,16,18,20,26H,7-10,14-15,25H2,1-6H3,(H,29,31)(H,27,28,30). The Morgan fingerprint density at radius 3 is 2.44 bits per heavy atom. The lowest BCUT2D eigenvalue weighted by atomic mass is 9.79. The highest BCUT2D eigenvalue weighted by Gasteiger charge is 2.34. The van der Waals surface area contributed by atoms with Crippen LogP contribution in [0.25, 0.3) is 0 Å². The predicted octanol–water partition coefficient (Wildman–Crippen LogP) is 3.57. The lowest BCUT2D eigenvalue weighted by Crippen LogP contribution is -2.50. The number of anilines is 1. The van der Waals surface area contributed by atoms with Gasteiger partial charge in [-0.3, -0.25) is 4.79 Å². The minimum absolute atomic E-state index is 0.0651. The van der Waals surface area contributed by atoms with Crippen LogP contribution in [-0.4, -0.2) is 40.7 Å². The first kappa shape index (κ1) is 26.1. The van der Waals surface area contributed by atoms with E-state index in [0.717, 1.165) is 31.2 Å². The van der Waals surface area contributed by atoms with Crippen LogP contribution in [0.15, 0.2) is 18.3 Å². The number of alkyl carbamates (subject to hydrolysis) is 1. The highest BCUT2D eigenvalue weighted by atomic mass is 16.6. The van der Waals surface area contributed by atoms with Crippen LogP contribution in [0.3, 0.4) is 0 Å². The molecule has 2 rings (SSSR count). The molecule has 180 valence electrons. The Bertz CT molecular complexity index is 762. The molecule has 32 heavy (non-hydrogen) atoms. The average molecular weight is 448 g/mol. The van der Waals surface area contributed by atoms with Gasteiger partial charge >= 0.3 is 6.09 Å². The third kappa shape index (κ3) is 9.53. The SMILES string of the molecule is CC1CCC(C(NC(=O)OC(C)(C)C)C(=O)Nc2cc(CNCC(C)(C)N)ccn2)CC1. The van der Waals surface area contributed by atoms with Gasteiger partial charge in [-0.1, -0.05) is 19.8 Å². The van der Waals surface area contributed by atoms with E-state index in [1.165, 1.54) is 0 Å². The molecule has 1 aromatic rings. The summed E-state index contributed by atoms with van der Waals surface area (Å²) in [6.07, 6.45) is 4.95. The number of rotatable bonds is 8. The van der Waals surface area contributed by atoms with Gasteiger partial charge in [0.05, 0.1) is 0 Å². The first-order valence-corrected chi connectivity index (χ1v) is 11.6. The number of amides is 2. The Morgan fingerprint density at radius 1 is 1.19 bits per heavy atom. The summed E-state index contributed by atoms with van der Waals surface area (Å²) < 4.78 is 5.41. The Balaban J connectivity index is 2.06. The highest BCUT2D eigenvalue weighted by Crippen LogP contribution is 2.31. The zero-order valence-electron chi connectivity index (χ0n) is 20.5. The molecule has 1 aliphatic carbocycles. The van der Waals surface area contributed by atoms with E-state index in [-0.39, 0.29) is 17.4 Å². The van der Waals surface area contributed by atoms with Crippen LogP contribution in [0, 0.1) is 11.8 Å². The number of carbonyl (C=O) groups excluding carboxylic acids is 2. The Morgan fingerprint density at radius 2 is 1.84 bits per heavy atom. The molecule has 0 radical (unpaired) electrons. The minimum atomic E-state index is -0.668. The van der Waals surface area contributed by atoms with Crippen molar-refractivity contribution in [1.29, 1.82) is 0 Å². The van der Waals surface area contributed by atoms with Gasteiger partial charge in [-0.05, 0) is 77.0 Å². The minimum Gasteiger partial charge on any atom is -0.444 e. The van der Waals surface area contributed by atoms with E-state index >= 15 is 0 Å². The third-order valence-corrected chi connectivity index (χ3v) is 5.47. The first-order valence-electron chi connectivity index (χ1n) is 11.6. The maximum absolute atomic E-state index is 13.2. The van der Waals surface area contributed by atoms with Crippen molar-refractivity contribution in [1.82, 2.24) is 15.6 Å². The van der Waals surface area contributed by atoms with Crippen molar-refractivity contribution in [2.75, 3.05) is 11.9 Å². The van der Waals surface area contributed by atoms with Crippen molar-refractivity contribution < 1.29 is 14.3 Å². The van der Waals surface area contributed by atoms with Gasteiger partial charge in [0, 0.05) is 24.8 Å². The molecule has 0 aliphatic heterocycles. The van der Waals surface area contributed by atoms with Gasteiger partial charge in [-0.2, -0.15) is 0 Å². The van der Waals surface area contributed by atoms with Gasteiger partial charge in [0.1, 0.15) is 17.5 Å². The third-order valence-electron chi connectivity index (χ3n) is 5.47. The molecule has 0 aromatic carbocycles. The van der Waals surface area contributed by atoms with Crippen molar-refractivity contribution in [3.8, 4) is 0 Å². The number of nitrogens with one attached hydrogen (secondary N) is 3. The predicted molar refractivity (Wildman–Crippen MR) is 127 cm³/mol. The van der Waals surface area contributed by atoms with Crippen molar-refractivity contribution in [3.05, 3.63) is 23.9 Å². The lowest BCUT2D eigenvalue weighted by Gasteiger charge is -2.32. The van der Waals surface area contributed by atoms with Crippen molar-refractivity contribution in [2.24, 2.45) is 17.6 Å². The van der Waals surface area contributed by atoms with E-state index in [4.69, 9.17) is 10.5 Å². The van der Waals surface area contributed by atoms with E-state index in [0.29, 0.717) is 24.8 Å². The van der Waals surface area contributed by atoms with Gasteiger partial charge in [0.25, 0.3) is 0 Å². The van der Waals surface area contributed by atoms with Crippen LogP contribution in [0.1, 0.15) is 72.8 Å². The normalized spacial score (nSPS) is 20.3. The monoisotopic (exact) mass is 447 g/mol. The molecule has 0 bridgehead atoms. The molecule has 1 aliphatic rings. The quantitative estimate of drug-likeness (QED) is 0.484. The number of hydrogen-bond donors (Lipinski definition) is 4. The number of nitrogens with zero attached hydrogens (tertiary/aromatic N) is 1. The van der Waals surface area contributed by atoms with Crippen LogP contribution in [0.4, 0.5) is 10.6 Å². The number of ether oxygens (including phenoxy) is 1. The summed E-state index contributed by atoms with van der Waals surface area (Å²) in [7, 11) is 0.